The zero-order valence-electron chi connectivity index (χ0n) is 11.2. The van der Waals surface area contributed by atoms with Gasteiger partial charge in [0.15, 0.2) is 0 Å². The molecule has 1 aliphatic rings. The summed E-state index contributed by atoms with van der Waals surface area (Å²) in [4.78, 5) is 16.3. The molecule has 0 radical (unpaired) electrons. The van der Waals surface area contributed by atoms with Crippen LogP contribution in [-0.4, -0.2) is 22.1 Å². The van der Waals surface area contributed by atoms with E-state index in [4.69, 9.17) is 5.73 Å². The van der Waals surface area contributed by atoms with Crippen molar-refractivity contribution in [2.45, 2.75) is 25.1 Å². The van der Waals surface area contributed by atoms with Crippen LogP contribution in [0, 0.1) is 0 Å². The number of nitrogens with zero attached hydrogens (tertiary/aromatic N) is 1. The summed E-state index contributed by atoms with van der Waals surface area (Å²) in [7, 11) is 0. The zero-order valence-corrected chi connectivity index (χ0v) is 12.8. The highest BCUT2D eigenvalue weighted by atomic mass is 35.5. The van der Waals surface area contributed by atoms with E-state index in [1.165, 1.54) is 11.3 Å². The Morgan fingerprint density at radius 2 is 2.24 bits per heavy atom. The van der Waals surface area contributed by atoms with Crippen LogP contribution in [0.3, 0.4) is 0 Å². The number of hydrogen-bond donors (Lipinski definition) is 3. The Morgan fingerprint density at radius 3 is 2.95 bits per heavy atom. The first-order valence-corrected chi connectivity index (χ1v) is 7.28. The van der Waals surface area contributed by atoms with Crippen molar-refractivity contribution < 1.29 is 9.90 Å². The van der Waals surface area contributed by atoms with Gasteiger partial charge in [0.2, 0.25) is 0 Å². The largest absolute Gasteiger partial charge is 0.390 e. The van der Waals surface area contributed by atoms with Crippen molar-refractivity contribution in [2.24, 2.45) is 5.73 Å². The van der Waals surface area contributed by atoms with Gasteiger partial charge in [0.05, 0.1) is 12.1 Å². The van der Waals surface area contributed by atoms with Crippen molar-refractivity contribution in [3.63, 3.8) is 0 Å². The minimum absolute atomic E-state index is 0. The molecule has 1 amide bonds. The quantitative estimate of drug-likeness (QED) is 0.796. The van der Waals surface area contributed by atoms with Crippen molar-refractivity contribution in [1.29, 1.82) is 0 Å². The van der Waals surface area contributed by atoms with Gasteiger partial charge in [0, 0.05) is 18.3 Å². The van der Waals surface area contributed by atoms with E-state index < -0.39 is 6.10 Å². The number of amides is 1. The molecule has 1 aliphatic carbocycles. The smallest absolute Gasteiger partial charge is 0.271 e. The van der Waals surface area contributed by atoms with Gasteiger partial charge in [-0.25, -0.2) is 4.98 Å². The fraction of sp³-hybridized carbons (Fsp3) is 0.286. The molecule has 7 heteroatoms. The minimum Gasteiger partial charge on any atom is -0.390 e. The molecule has 1 aromatic carbocycles. The van der Waals surface area contributed by atoms with Crippen LogP contribution < -0.4 is 11.1 Å². The summed E-state index contributed by atoms with van der Waals surface area (Å²) in [6, 6.07) is 7.37. The number of nitrogens with two attached hydrogens (primary N) is 1. The Bertz CT molecular complexity index is 647. The van der Waals surface area contributed by atoms with E-state index in [0.29, 0.717) is 18.7 Å². The van der Waals surface area contributed by atoms with E-state index in [2.05, 4.69) is 10.3 Å². The molecule has 1 heterocycles. The highest BCUT2D eigenvalue weighted by molar-refractivity contribution is 7.09. The van der Waals surface area contributed by atoms with Crippen molar-refractivity contribution in [2.75, 3.05) is 0 Å². The average Bonchev–Trinajstić information content (AvgIpc) is 3.04. The first-order valence-electron chi connectivity index (χ1n) is 6.40. The Morgan fingerprint density at radius 1 is 1.48 bits per heavy atom. The summed E-state index contributed by atoms with van der Waals surface area (Å²) in [5, 5.41) is 15.4. The number of fused-ring (bicyclic) bond motifs is 1. The van der Waals surface area contributed by atoms with Gasteiger partial charge in [-0.3, -0.25) is 4.79 Å². The standard InChI is InChI=1S/C14H15N3O2S.ClH/c15-6-12-16-10(7-20-12)14(19)17-13-9-4-2-1-3-8(9)5-11(13)18;/h1-4,7,11,13,18H,5-6,15H2,(H,17,19);1H/t11-,13+;/m0./s1. The predicted octanol–water partition coefficient (Wildman–Crippen LogP) is 1.41. The molecular weight excluding hydrogens is 310 g/mol. The fourth-order valence-electron chi connectivity index (χ4n) is 2.47. The van der Waals surface area contributed by atoms with Crippen molar-refractivity contribution >= 4 is 29.7 Å². The number of hydrogen-bond acceptors (Lipinski definition) is 5. The average molecular weight is 326 g/mol. The highest BCUT2D eigenvalue weighted by Crippen LogP contribution is 2.31. The van der Waals surface area contributed by atoms with E-state index in [9.17, 15) is 9.90 Å². The van der Waals surface area contributed by atoms with Crippen LogP contribution in [0.1, 0.15) is 32.7 Å². The predicted molar refractivity (Wildman–Crippen MR) is 83.6 cm³/mol. The van der Waals surface area contributed by atoms with Crippen LogP contribution in [-0.2, 0) is 13.0 Å². The number of aliphatic hydroxyl groups excluding tert-OH is 1. The Labute approximate surface area is 132 Å². The second-order valence-electron chi connectivity index (χ2n) is 4.75. The van der Waals surface area contributed by atoms with E-state index in [1.54, 1.807) is 5.38 Å². The summed E-state index contributed by atoms with van der Waals surface area (Å²) in [6.07, 6.45) is -0.0318. The van der Waals surface area contributed by atoms with Crippen LogP contribution in [0.15, 0.2) is 29.6 Å². The number of carbonyl (C=O) groups excluding carboxylic acids is 1. The lowest BCUT2D eigenvalue weighted by molar-refractivity contribution is 0.0854. The number of benzene rings is 1. The summed E-state index contributed by atoms with van der Waals surface area (Å²) < 4.78 is 0. The molecule has 0 saturated heterocycles. The third-order valence-electron chi connectivity index (χ3n) is 3.45. The maximum absolute atomic E-state index is 12.2. The molecule has 2 atom stereocenters. The number of rotatable bonds is 3. The molecular formula is C14H16ClN3O2S. The topological polar surface area (TPSA) is 88.2 Å². The Kier molecular flexibility index (Phi) is 4.95. The monoisotopic (exact) mass is 325 g/mol. The lowest BCUT2D eigenvalue weighted by atomic mass is 10.1. The second kappa shape index (κ2) is 6.53. The molecule has 0 unspecified atom stereocenters. The molecule has 0 bridgehead atoms. The van der Waals surface area contributed by atoms with Gasteiger partial charge in [0.1, 0.15) is 10.7 Å². The van der Waals surface area contributed by atoms with Gasteiger partial charge in [-0.1, -0.05) is 24.3 Å². The van der Waals surface area contributed by atoms with Crippen molar-refractivity contribution in [1.82, 2.24) is 10.3 Å². The molecule has 2 aromatic rings. The number of aliphatic hydroxyl groups is 1. The van der Waals surface area contributed by atoms with Crippen LogP contribution in [0.2, 0.25) is 0 Å². The number of halogens is 1. The van der Waals surface area contributed by atoms with Gasteiger partial charge in [-0.05, 0) is 11.1 Å². The summed E-state index contributed by atoms with van der Waals surface area (Å²) >= 11 is 1.36. The normalized spacial score (nSPS) is 19.7. The third-order valence-corrected chi connectivity index (χ3v) is 4.32. The number of thiazole rings is 1. The van der Waals surface area contributed by atoms with E-state index in [0.717, 1.165) is 16.1 Å². The molecule has 0 fully saturated rings. The van der Waals surface area contributed by atoms with Gasteiger partial charge >= 0.3 is 0 Å². The van der Waals surface area contributed by atoms with Crippen molar-refractivity contribution in [3.05, 3.63) is 51.5 Å². The SMILES string of the molecule is Cl.NCc1nc(C(=O)N[C@@H]2c3ccccc3C[C@@H]2O)cs1. The molecule has 112 valence electrons. The first kappa shape index (κ1) is 15.9. The van der Waals surface area contributed by atoms with Gasteiger partial charge in [0.25, 0.3) is 5.91 Å². The van der Waals surface area contributed by atoms with E-state index in [-0.39, 0.29) is 24.4 Å². The second-order valence-corrected chi connectivity index (χ2v) is 5.69. The van der Waals surface area contributed by atoms with Crippen LogP contribution in [0.25, 0.3) is 0 Å². The maximum Gasteiger partial charge on any atom is 0.271 e. The Hall–Kier alpha value is -1.47. The molecule has 1 aromatic heterocycles. The lowest BCUT2D eigenvalue weighted by Crippen LogP contribution is -2.34. The molecule has 4 N–H and O–H groups in total. The minimum atomic E-state index is -0.594. The van der Waals surface area contributed by atoms with Gasteiger partial charge < -0.3 is 16.2 Å². The number of carbonyl (C=O) groups is 1. The van der Waals surface area contributed by atoms with Crippen molar-refractivity contribution in [3.8, 4) is 0 Å². The molecule has 21 heavy (non-hydrogen) atoms. The fourth-order valence-corrected chi connectivity index (χ4v) is 3.13. The molecule has 0 aliphatic heterocycles. The van der Waals surface area contributed by atoms with E-state index >= 15 is 0 Å². The third kappa shape index (κ3) is 3.08. The number of aromatic nitrogens is 1. The highest BCUT2D eigenvalue weighted by Gasteiger charge is 2.32. The van der Waals surface area contributed by atoms with E-state index in [1.807, 2.05) is 24.3 Å². The zero-order chi connectivity index (χ0) is 14.1. The van der Waals surface area contributed by atoms with Gasteiger partial charge in [-0.15, -0.1) is 23.7 Å². The molecule has 0 saturated carbocycles. The lowest BCUT2D eigenvalue weighted by Gasteiger charge is -2.17. The molecule has 5 nitrogen and oxygen atoms in total. The molecule has 3 rings (SSSR count). The first-order chi connectivity index (χ1) is 9.69. The summed E-state index contributed by atoms with van der Waals surface area (Å²) in [5.74, 6) is -0.276. The Balaban J connectivity index is 0.00000161. The van der Waals surface area contributed by atoms with Crippen LogP contribution in [0.4, 0.5) is 0 Å². The van der Waals surface area contributed by atoms with Gasteiger partial charge in [-0.2, -0.15) is 0 Å². The molecule has 0 spiro atoms. The summed E-state index contributed by atoms with van der Waals surface area (Å²) in [5.41, 5.74) is 7.89. The summed E-state index contributed by atoms with van der Waals surface area (Å²) in [6.45, 7) is 0.326. The van der Waals surface area contributed by atoms with Crippen LogP contribution >= 0.6 is 23.7 Å². The maximum atomic E-state index is 12.2. The number of nitrogens with one attached hydrogen (secondary N) is 1. The van der Waals surface area contributed by atoms with Crippen LogP contribution in [0.5, 0.6) is 0 Å².